The summed E-state index contributed by atoms with van der Waals surface area (Å²) < 4.78 is 0. The van der Waals surface area contributed by atoms with Gasteiger partial charge in [0.2, 0.25) is 5.91 Å². The van der Waals surface area contributed by atoms with Gasteiger partial charge in [0.1, 0.15) is 6.04 Å². The first-order chi connectivity index (χ1) is 13.7. The van der Waals surface area contributed by atoms with Gasteiger partial charge in [0, 0.05) is 6.42 Å². The van der Waals surface area contributed by atoms with E-state index in [9.17, 15) is 14.7 Å². The lowest BCUT2D eigenvalue weighted by Crippen LogP contribution is -2.51. The zero-order valence-electron chi connectivity index (χ0n) is 16.0. The van der Waals surface area contributed by atoms with E-state index in [1.54, 1.807) is 6.07 Å². The number of carbonyl (C=O) groups is 2. The zero-order valence-corrected chi connectivity index (χ0v) is 16.8. The highest BCUT2D eigenvalue weighted by molar-refractivity contribution is 7.12. The first-order valence-electron chi connectivity index (χ1n) is 9.95. The highest BCUT2D eigenvalue weighted by Gasteiger charge is 2.26. The summed E-state index contributed by atoms with van der Waals surface area (Å²) in [4.78, 5) is 26.1. The standard InChI is InChI=1S/C22H28N2O3S/c25-15-18(13-16-9-4-5-10-16)23-21(26)19(14-17-7-2-1-3-8-17)24-22(27)20-11-6-12-28-20/h1-3,6-8,11-12,16,18-19,25H,4-5,9-10,13-15H2,(H,23,26)(H,24,27). The average Bonchev–Trinajstić information content (AvgIpc) is 3.41. The van der Waals surface area contributed by atoms with Gasteiger partial charge in [-0.1, -0.05) is 62.1 Å². The molecule has 1 heterocycles. The predicted octanol–water partition coefficient (Wildman–Crippen LogP) is 3.15. The Morgan fingerprint density at radius 1 is 1.07 bits per heavy atom. The topological polar surface area (TPSA) is 78.4 Å². The molecule has 0 bridgehead atoms. The van der Waals surface area contributed by atoms with Gasteiger partial charge in [0.05, 0.1) is 17.5 Å². The van der Waals surface area contributed by atoms with Gasteiger partial charge in [-0.25, -0.2) is 0 Å². The fraction of sp³-hybridized carbons (Fsp3) is 0.455. The molecule has 2 aromatic rings. The molecule has 1 aromatic carbocycles. The van der Waals surface area contributed by atoms with Crippen molar-refractivity contribution in [3.05, 3.63) is 58.3 Å². The summed E-state index contributed by atoms with van der Waals surface area (Å²) in [5.74, 6) is 0.0685. The molecule has 1 aliphatic rings. The van der Waals surface area contributed by atoms with Crippen LogP contribution in [0.1, 0.15) is 47.3 Å². The summed E-state index contributed by atoms with van der Waals surface area (Å²) in [5, 5.41) is 17.4. The number of rotatable bonds is 9. The van der Waals surface area contributed by atoms with E-state index in [-0.39, 0.29) is 24.5 Å². The van der Waals surface area contributed by atoms with Crippen LogP contribution in [-0.4, -0.2) is 35.6 Å². The average molecular weight is 401 g/mol. The maximum Gasteiger partial charge on any atom is 0.262 e. The molecule has 2 amide bonds. The first kappa shape index (κ1) is 20.6. The molecule has 28 heavy (non-hydrogen) atoms. The molecule has 0 spiro atoms. The minimum atomic E-state index is -0.686. The maximum absolute atomic E-state index is 13.0. The molecule has 3 N–H and O–H groups in total. The molecule has 1 aliphatic carbocycles. The molecule has 0 saturated heterocycles. The number of benzene rings is 1. The van der Waals surface area contributed by atoms with E-state index in [0.717, 1.165) is 24.8 Å². The Kier molecular flexibility index (Phi) is 7.62. The second kappa shape index (κ2) is 10.4. The van der Waals surface area contributed by atoms with Crippen LogP contribution in [-0.2, 0) is 11.2 Å². The number of carbonyl (C=O) groups excluding carboxylic acids is 2. The summed E-state index contributed by atoms with van der Waals surface area (Å²) in [6.07, 6.45) is 5.98. The molecule has 1 saturated carbocycles. The van der Waals surface area contributed by atoms with E-state index in [4.69, 9.17) is 0 Å². The van der Waals surface area contributed by atoms with Gasteiger partial charge in [-0.3, -0.25) is 9.59 Å². The number of aliphatic hydroxyl groups is 1. The van der Waals surface area contributed by atoms with E-state index in [1.165, 1.54) is 24.2 Å². The molecule has 3 rings (SSSR count). The van der Waals surface area contributed by atoms with Gasteiger partial charge in [0.15, 0.2) is 0 Å². The fourth-order valence-corrected chi connectivity index (χ4v) is 4.45. The van der Waals surface area contributed by atoms with E-state index in [1.807, 2.05) is 41.8 Å². The Hall–Kier alpha value is -2.18. The second-order valence-corrected chi connectivity index (χ2v) is 8.42. The summed E-state index contributed by atoms with van der Waals surface area (Å²) in [5.41, 5.74) is 0.977. The third-order valence-electron chi connectivity index (χ3n) is 5.31. The van der Waals surface area contributed by atoms with Gasteiger partial charge in [-0.05, 0) is 29.3 Å². The van der Waals surface area contributed by atoms with Crippen LogP contribution in [0.15, 0.2) is 47.8 Å². The van der Waals surface area contributed by atoms with Gasteiger partial charge in [-0.2, -0.15) is 0 Å². The van der Waals surface area contributed by atoms with Crippen LogP contribution >= 0.6 is 11.3 Å². The van der Waals surface area contributed by atoms with Crippen molar-refractivity contribution in [1.29, 1.82) is 0 Å². The van der Waals surface area contributed by atoms with Crippen molar-refractivity contribution in [1.82, 2.24) is 10.6 Å². The van der Waals surface area contributed by atoms with Crippen molar-refractivity contribution in [2.24, 2.45) is 5.92 Å². The lowest BCUT2D eigenvalue weighted by Gasteiger charge is -2.24. The summed E-state index contributed by atoms with van der Waals surface area (Å²) in [7, 11) is 0. The third-order valence-corrected chi connectivity index (χ3v) is 6.18. The maximum atomic E-state index is 13.0. The smallest absolute Gasteiger partial charge is 0.262 e. The van der Waals surface area contributed by atoms with Crippen molar-refractivity contribution in [2.75, 3.05) is 6.61 Å². The normalized spacial score (nSPS) is 16.5. The molecule has 150 valence electrons. The van der Waals surface area contributed by atoms with Gasteiger partial charge in [0.25, 0.3) is 5.91 Å². The summed E-state index contributed by atoms with van der Waals surface area (Å²) in [6, 6.07) is 12.3. The van der Waals surface area contributed by atoms with Crippen molar-refractivity contribution in [2.45, 2.75) is 50.6 Å². The zero-order chi connectivity index (χ0) is 19.8. The number of nitrogens with one attached hydrogen (secondary N) is 2. The predicted molar refractivity (Wildman–Crippen MR) is 111 cm³/mol. The molecule has 1 aromatic heterocycles. The second-order valence-electron chi connectivity index (χ2n) is 7.47. The Morgan fingerprint density at radius 3 is 2.46 bits per heavy atom. The first-order valence-corrected chi connectivity index (χ1v) is 10.8. The Bertz CT molecular complexity index is 742. The van der Waals surface area contributed by atoms with Gasteiger partial charge < -0.3 is 15.7 Å². The van der Waals surface area contributed by atoms with Crippen LogP contribution in [0.2, 0.25) is 0 Å². The Morgan fingerprint density at radius 2 is 1.82 bits per heavy atom. The van der Waals surface area contributed by atoms with Crippen molar-refractivity contribution < 1.29 is 14.7 Å². The van der Waals surface area contributed by atoms with Crippen LogP contribution < -0.4 is 10.6 Å². The molecular weight excluding hydrogens is 372 g/mol. The molecular formula is C22H28N2O3S. The quantitative estimate of drug-likeness (QED) is 0.605. The lowest BCUT2D eigenvalue weighted by atomic mass is 9.98. The fourth-order valence-electron chi connectivity index (χ4n) is 3.83. The highest BCUT2D eigenvalue weighted by Crippen LogP contribution is 2.28. The van der Waals surface area contributed by atoms with Gasteiger partial charge >= 0.3 is 0 Å². The molecule has 0 aliphatic heterocycles. The lowest BCUT2D eigenvalue weighted by molar-refractivity contribution is -0.124. The van der Waals surface area contributed by atoms with E-state index < -0.39 is 6.04 Å². The number of aliphatic hydroxyl groups excluding tert-OH is 1. The largest absolute Gasteiger partial charge is 0.394 e. The molecule has 6 heteroatoms. The van der Waals surface area contributed by atoms with E-state index in [0.29, 0.717) is 17.2 Å². The van der Waals surface area contributed by atoms with E-state index >= 15 is 0 Å². The molecule has 2 atom stereocenters. The van der Waals surface area contributed by atoms with Crippen LogP contribution in [0.25, 0.3) is 0 Å². The minimum Gasteiger partial charge on any atom is -0.394 e. The summed E-state index contributed by atoms with van der Waals surface area (Å²) in [6.45, 7) is -0.0842. The van der Waals surface area contributed by atoms with Crippen LogP contribution in [0.3, 0.4) is 0 Å². The van der Waals surface area contributed by atoms with Crippen LogP contribution in [0.4, 0.5) is 0 Å². The monoisotopic (exact) mass is 400 g/mol. The number of thiophene rings is 1. The van der Waals surface area contributed by atoms with E-state index in [2.05, 4.69) is 10.6 Å². The number of amides is 2. The van der Waals surface area contributed by atoms with Crippen LogP contribution in [0.5, 0.6) is 0 Å². The van der Waals surface area contributed by atoms with Crippen molar-refractivity contribution in [3.8, 4) is 0 Å². The summed E-state index contributed by atoms with van der Waals surface area (Å²) >= 11 is 1.35. The highest BCUT2D eigenvalue weighted by atomic mass is 32.1. The van der Waals surface area contributed by atoms with Crippen molar-refractivity contribution in [3.63, 3.8) is 0 Å². The third kappa shape index (κ3) is 5.91. The Labute approximate surface area is 170 Å². The number of hydrogen-bond acceptors (Lipinski definition) is 4. The molecule has 2 unspecified atom stereocenters. The minimum absolute atomic E-state index is 0.0842. The van der Waals surface area contributed by atoms with Crippen LogP contribution in [0, 0.1) is 5.92 Å². The molecule has 0 radical (unpaired) electrons. The number of hydrogen-bond donors (Lipinski definition) is 3. The van der Waals surface area contributed by atoms with Crippen molar-refractivity contribution >= 4 is 23.2 Å². The molecule has 5 nitrogen and oxygen atoms in total. The SMILES string of the molecule is O=C(NC(Cc1ccccc1)C(=O)NC(CO)CC1CCCC1)c1cccs1. The Balaban J connectivity index is 1.66. The van der Waals surface area contributed by atoms with Gasteiger partial charge in [-0.15, -0.1) is 11.3 Å². The molecule has 1 fully saturated rings.